The van der Waals surface area contributed by atoms with Gasteiger partial charge in [0.1, 0.15) is 11.9 Å². The molecule has 7 heteroatoms. The van der Waals surface area contributed by atoms with Gasteiger partial charge in [0.2, 0.25) is 0 Å². The predicted molar refractivity (Wildman–Crippen MR) is 130 cm³/mol. The fourth-order valence-corrected chi connectivity index (χ4v) is 4.88. The van der Waals surface area contributed by atoms with Crippen molar-refractivity contribution in [3.05, 3.63) is 29.3 Å². The lowest BCUT2D eigenvalue weighted by molar-refractivity contribution is -0.168. The molecule has 1 heterocycles. The van der Waals surface area contributed by atoms with E-state index < -0.39 is 0 Å². The summed E-state index contributed by atoms with van der Waals surface area (Å²) in [5.41, 5.74) is 2.66. The second kappa shape index (κ2) is 10.5. The van der Waals surface area contributed by atoms with Gasteiger partial charge in [0.05, 0.1) is 19.3 Å². The van der Waals surface area contributed by atoms with E-state index in [4.69, 9.17) is 14.2 Å². The fraction of sp³-hybridized carbons (Fsp3) is 0.696. The monoisotopic (exact) mass is 529 g/mol. The lowest BCUT2D eigenvalue weighted by Crippen LogP contribution is -2.68. The lowest BCUT2D eigenvalue weighted by atomic mass is 9.51. The maximum absolute atomic E-state index is 6.23. The molecule has 30 heavy (non-hydrogen) atoms. The summed E-state index contributed by atoms with van der Waals surface area (Å²) in [7, 11) is 1.84. The molecule has 1 aliphatic heterocycles. The Morgan fingerprint density at radius 2 is 2.17 bits per heavy atom. The van der Waals surface area contributed by atoms with Crippen LogP contribution in [-0.2, 0) is 16.0 Å². The summed E-state index contributed by atoms with van der Waals surface area (Å²) in [4.78, 5) is 4.46. The Morgan fingerprint density at radius 3 is 2.80 bits per heavy atom. The Kier molecular flexibility index (Phi) is 8.26. The minimum atomic E-state index is 0. The summed E-state index contributed by atoms with van der Waals surface area (Å²) in [5.74, 6) is 1.80. The van der Waals surface area contributed by atoms with Crippen LogP contribution in [0, 0.1) is 12.3 Å². The molecular formula is C23H36IN3O3. The first-order valence-corrected chi connectivity index (χ1v) is 11.1. The number of halogens is 1. The second-order valence-electron chi connectivity index (χ2n) is 8.60. The van der Waals surface area contributed by atoms with E-state index in [1.54, 1.807) is 0 Å². The zero-order chi connectivity index (χ0) is 20.3. The summed E-state index contributed by atoms with van der Waals surface area (Å²) in [6, 6.07) is 6.84. The van der Waals surface area contributed by atoms with Crippen LogP contribution in [0.2, 0.25) is 0 Å². The zero-order valence-corrected chi connectivity index (χ0v) is 20.7. The minimum absolute atomic E-state index is 0. The van der Waals surface area contributed by atoms with Crippen LogP contribution in [0.1, 0.15) is 50.2 Å². The highest BCUT2D eigenvalue weighted by Gasteiger charge is 2.59. The Balaban J connectivity index is 0.00000256. The number of rotatable bonds is 7. The predicted octanol–water partition coefficient (Wildman–Crippen LogP) is 3.79. The summed E-state index contributed by atoms with van der Waals surface area (Å²) >= 11 is 0. The number of aliphatic imine (C=N–C) groups is 1. The molecule has 1 saturated heterocycles. The SMILES string of the molecule is CCOC1CC(NC(=NC)NCc2ccc(C)cc2OC2CCOC2)C12CCC2.I. The Morgan fingerprint density at radius 1 is 1.33 bits per heavy atom. The van der Waals surface area contributed by atoms with E-state index in [0.29, 0.717) is 30.7 Å². The first-order valence-electron chi connectivity index (χ1n) is 11.1. The van der Waals surface area contributed by atoms with E-state index in [9.17, 15) is 0 Å². The zero-order valence-electron chi connectivity index (χ0n) is 18.4. The average Bonchev–Trinajstić information content (AvgIpc) is 3.16. The van der Waals surface area contributed by atoms with E-state index in [1.807, 2.05) is 7.05 Å². The van der Waals surface area contributed by atoms with Crippen molar-refractivity contribution in [2.75, 3.05) is 26.9 Å². The van der Waals surface area contributed by atoms with Crippen molar-refractivity contribution in [3.8, 4) is 5.75 Å². The molecule has 3 unspecified atom stereocenters. The fourth-order valence-electron chi connectivity index (χ4n) is 4.88. The van der Waals surface area contributed by atoms with E-state index in [-0.39, 0.29) is 30.1 Å². The molecule has 1 spiro atoms. The Labute approximate surface area is 197 Å². The van der Waals surface area contributed by atoms with Gasteiger partial charge in [-0.05, 0) is 44.7 Å². The van der Waals surface area contributed by atoms with Crippen molar-refractivity contribution in [2.24, 2.45) is 10.4 Å². The molecule has 2 N–H and O–H groups in total. The lowest BCUT2D eigenvalue weighted by Gasteiger charge is -2.61. The summed E-state index contributed by atoms with van der Waals surface area (Å²) in [6.07, 6.45) is 6.39. The van der Waals surface area contributed by atoms with Crippen LogP contribution in [0.4, 0.5) is 0 Å². The third-order valence-corrected chi connectivity index (χ3v) is 6.82. The molecule has 0 amide bonds. The molecule has 6 nitrogen and oxygen atoms in total. The molecule has 2 saturated carbocycles. The topological polar surface area (TPSA) is 64.1 Å². The normalized spacial score (nSPS) is 27.0. The molecule has 1 aromatic rings. The molecular weight excluding hydrogens is 493 g/mol. The largest absolute Gasteiger partial charge is 0.488 e. The number of nitrogens with one attached hydrogen (secondary N) is 2. The smallest absolute Gasteiger partial charge is 0.191 e. The highest BCUT2D eigenvalue weighted by molar-refractivity contribution is 14.0. The number of hydrogen-bond acceptors (Lipinski definition) is 4. The highest BCUT2D eigenvalue weighted by atomic mass is 127. The number of hydrogen-bond donors (Lipinski definition) is 2. The number of ether oxygens (including phenoxy) is 3. The van der Waals surface area contributed by atoms with E-state index in [1.165, 1.54) is 24.8 Å². The maximum atomic E-state index is 6.23. The van der Waals surface area contributed by atoms with Crippen molar-refractivity contribution in [1.82, 2.24) is 10.6 Å². The van der Waals surface area contributed by atoms with Gasteiger partial charge in [0.15, 0.2) is 5.96 Å². The van der Waals surface area contributed by atoms with Crippen LogP contribution < -0.4 is 15.4 Å². The Hall–Kier alpha value is -1.06. The molecule has 3 atom stereocenters. The molecule has 168 valence electrons. The number of benzene rings is 1. The van der Waals surface area contributed by atoms with Crippen molar-refractivity contribution in [1.29, 1.82) is 0 Å². The van der Waals surface area contributed by atoms with E-state index >= 15 is 0 Å². The van der Waals surface area contributed by atoms with Crippen LogP contribution in [0.3, 0.4) is 0 Å². The van der Waals surface area contributed by atoms with Crippen molar-refractivity contribution < 1.29 is 14.2 Å². The van der Waals surface area contributed by atoms with Gasteiger partial charge in [-0.25, -0.2) is 0 Å². The summed E-state index contributed by atoms with van der Waals surface area (Å²) < 4.78 is 17.7. The van der Waals surface area contributed by atoms with Crippen molar-refractivity contribution in [3.63, 3.8) is 0 Å². The molecule has 1 aromatic carbocycles. The molecule has 3 fully saturated rings. The van der Waals surface area contributed by atoms with Crippen LogP contribution in [0.25, 0.3) is 0 Å². The standard InChI is InChI=1S/C23H35N3O3.HI/c1-4-28-21-13-20(23(21)9-5-10-23)26-22(24-3)25-14-17-7-6-16(2)12-19(17)29-18-8-11-27-15-18;/h6-7,12,18,20-21H,4-5,8-11,13-15H2,1-3H3,(H2,24,25,26);1H. The van der Waals surface area contributed by atoms with Gasteiger partial charge in [0, 0.05) is 43.6 Å². The molecule has 2 aliphatic carbocycles. The quantitative estimate of drug-likeness (QED) is 0.320. The Bertz CT molecular complexity index is 732. The van der Waals surface area contributed by atoms with Crippen LogP contribution in [-0.4, -0.2) is 51.1 Å². The third-order valence-electron chi connectivity index (χ3n) is 6.82. The molecule has 4 rings (SSSR count). The first-order chi connectivity index (χ1) is 14.1. The first kappa shape index (κ1) is 23.6. The van der Waals surface area contributed by atoms with Crippen LogP contribution >= 0.6 is 24.0 Å². The average molecular weight is 529 g/mol. The van der Waals surface area contributed by atoms with Gasteiger partial charge < -0.3 is 24.8 Å². The molecule has 0 bridgehead atoms. The van der Waals surface area contributed by atoms with Gasteiger partial charge >= 0.3 is 0 Å². The maximum Gasteiger partial charge on any atom is 0.191 e. The van der Waals surface area contributed by atoms with Crippen LogP contribution in [0.15, 0.2) is 23.2 Å². The number of aryl methyl sites for hydroxylation is 1. The van der Waals surface area contributed by atoms with E-state index in [2.05, 4.69) is 47.7 Å². The highest BCUT2D eigenvalue weighted by Crippen LogP contribution is 2.57. The van der Waals surface area contributed by atoms with Gasteiger partial charge in [-0.15, -0.1) is 24.0 Å². The number of nitrogens with zero attached hydrogens (tertiary/aromatic N) is 1. The molecule has 3 aliphatic rings. The molecule has 0 aromatic heterocycles. The second-order valence-corrected chi connectivity index (χ2v) is 8.60. The number of guanidine groups is 1. The van der Waals surface area contributed by atoms with Crippen molar-refractivity contribution in [2.45, 2.75) is 70.7 Å². The van der Waals surface area contributed by atoms with Crippen LogP contribution in [0.5, 0.6) is 5.75 Å². The summed E-state index contributed by atoms with van der Waals surface area (Å²) in [6.45, 7) is 7.12. The van der Waals surface area contributed by atoms with Crippen molar-refractivity contribution >= 4 is 29.9 Å². The minimum Gasteiger partial charge on any atom is -0.488 e. The van der Waals surface area contributed by atoms with Gasteiger partial charge in [0.25, 0.3) is 0 Å². The third kappa shape index (κ3) is 4.88. The molecule has 0 radical (unpaired) electrons. The van der Waals surface area contributed by atoms with Gasteiger partial charge in [-0.2, -0.15) is 0 Å². The van der Waals surface area contributed by atoms with E-state index in [0.717, 1.165) is 43.3 Å². The van der Waals surface area contributed by atoms with Gasteiger partial charge in [-0.1, -0.05) is 18.6 Å². The van der Waals surface area contributed by atoms with Gasteiger partial charge in [-0.3, -0.25) is 4.99 Å². The summed E-state index contributed by atoms with van der Waals surface area (Å²) in [5, 5.41) is 7.15.